The van der Waals surface area contributed by atoms with Crippen LogP contribution in [-0.2, 0) is 11.2 Å². The molecule has 0 aliphatic rings. The number of ether oxygens (including phenoxy) is 1. The minimum Gasteiger partial charge on any atom is -0.478 e. The van der Waals surface area contributed by atoms with E-state index in [1.54, 1.807) is 12.1 Å². The van der Waals surface area contributed by atoms with Crippen LogP contribution in [0.4, 0.5) is 5.82 Å². The number of aryl methyl sites for hydroxylation is 1. The highest BCUT2D eigenvalue weighted by Crippen LogP contribution is 2.12. The van der Waals surface area contributed by atoms with Crippen LogP contribution in [0, 0.1) is 0 Å². The molecule has 1 aromatic heterocycles. The van der Waals surface area contributed by atoms with Crippen molar-refractivity contribution >= 4 is 11.8 Å². The molecule has 0 radical (unpaired) electrons. The van der Waals surface area contributed by atoms with E-state index in [1.807, 2.05) is 20.8 Å². The van der Waals surface area contributed by atoms with Gasteiger partial charge in [-0.2, -0.15) is 0 Å². The third-order valence-electron chi connectivity index (χ3n) is 2.45. The summed E-state index contributed by atoms with van der Waals surface area (Å²) in [6.45, 7) is 7.08. The van der Waals surface area contributed by atoms with Gasteiger partial charge in [0, 0.05) is 18.3 Å². The van der Waals surface area contributed by atoms with Crippen LogP contribution in [-0.4, -0.2) is 35.3 Å². The Morgan fingerprint density at radius 2 is 2.22 bits per heavy atom. The first-order valence-corrected chi connectivity index (χ1v) is 6.15. The highest BCUT2D eigenvalue weighted by atomic mass is 16.5. The zero-order chi connectivity index (χ0) is 13.5. The predicted octanol–water partition coefficient (Wildman–Crippen LogP) is 2.18. The molecule has 0 saturated carbocycles. The number of hydrogen-bond donors (Lipinski definition) is 2. The fraction of sp³-hybridized carbons (Fsp3) is 0.538. The molecule has 0 fully saturated rings. The number of aromatic nitrogens is 1. The summed E-state index contributed by atoms with van der Waals surface area (Å²) in [5.41, 5.74) is 1.02. The molecule has 0 bridgehead atoms. The summed E-state index contributed by atoms with van der Waals surface area (Å²) in [6.07, 6.45) is 0.704. The predicted molar refractivity (Wildman–Crippen MR) is 70.2 cm³/mol. The Kier molecular flexibility index (Phi) is 5.58. The van der Waals surface area contributed by atoms with Crippen molar-refractivity contribution in [2.45, 2.75) is 33.2 Å². The summed E-state index contributed by atoms with van der Waals surface area (Å²) >= 11 is 0. The zero-order valence-electron chi connectivity index (χ0n) is 11.1. The summed E-state index contributed by atoms with van der Waals surface area (Å²) in [6, 6.07) is 3.23. The minimum atomic E-state index is -0.937. The fourth-order valence-corrected chi connectivity index (χ4v) is 1.56. The molecule has 0 aliphatic carbocycles. The first-order chi connectivity index (χ1) is 8.56. The zero-order valence-corrected chi connectivity index (χ0v) is 11.1. The molecule has 0 saturated heterocycles. The quantitative estimate of drug-likeness (QED) is 0.778. The maximum absolute atomic E-state index is 11.0. The van der Waals surface area contributed by atoms with Gasteiger partial charge in [0.2, 0.25) is 0 Å². The van der Waals surface area contributed by atoms with E-state index in [2.05, 4.69) is 10.3 Å². The van der Waals surface area contributed by atoms with Crippen LogP contribution in [0.5, 0.6) is 0 Å². The monoisotopic (exact) mass is 252 g/mol. The van der Waals surface area contributed by atoms with E-state index in [0.29, 0.717) is 25.5 Å². The van der Waals surface area contributed by atoms with Gasteiger partial charge in [-0.3, -0.25) is 0 Å². The molecule has 0 amide bonds. The highest BCUT2D eigenvalue weighted by molar-refractivity contribution is 5.88. The van der Waals surface area contributed by atoms with Gasteiger partial charge in [-0.1, -0.05) is 6.92 Å². The lowest BCUT2D eigenvalue weighted by Gasteiger charge is -2.15. The number of aromatic carboxylic acids is 1. The summed E-state index contributed by atoms with van der Waals surface area (Å²) in [5.74, 6) is -0.355. The largest absolute Gasteiger partial charge is 0.478 e. The van der Waals surface area contributed by atoms with Crippen molar-refractivity contribution in [2.24, 2.45) is 0 Å². The van der Waals surface area contributed by atoms with Crippen molar-refractivity contribution in [3.05, 3.63) is 23.4 Å². The molecule has 1 aromatic rings. The van der Waals surface area contributed by atoms with Crippen LogP contribution in [0.2, 0.25) is 0 Å². The maximum Gasteiger partial charge on any atom is 0.335 e. The Labute approximate surface area is 107 Å². The van der Waals surface area contributed by atoms with Crippen LogP contribution in [0.3, 0.4) is 0 Å². The number of nitrogens with zero attached hydrogens (tertiary/aromatic N) is 1. The molecule has 18 heavy (non-hydrogen) atoms. The molecule has 2 N–H and O–H groups in total. The van der Waals surface area contributed by atoms with Crippen LogP contribution < -0.4 is 5.32 Å². The van der Waals surface area contributed by atoms with Gasteiger partial charge < -0.3 is 15.2 Å². The lowest BCUT2D eigenvalue weighted by atomic mass is 10.2. The molecule has 0 aliphatic heterocycles. The molecular formula is C13H20N2O3. The standard InChI is InChI=1S/C13H20N2O3/c1-4-11-6-10(13(16)17)7-12(15-11)14-9(3)8-18-5-2/h6-7,9H,4-5,8H2,1-3H3,(H,14,15)(H,16,17). The van der Waals surface area contributed by atoms with Crippen molar-refractivity contribution in [1.82, 2.24) is 4.98 Å². The maximum atomic E-state index is 11.0. The minimum absolute atomic E-state index is 0.0891. The number of carboxylic acids is 1. The van der Waals surface area contributed by atoms with Crippen LogP contribution in [0.25, 0.3) is 0 Å². The van der Waals surface area contributed by atoms with Gasteiger partial charge in [-0.05, 0) is 32.4 Å². The van der Waals surface area contributed by atoms with Gasteiger partial charge in [-0.15, -0.1) is 0 Å². The second kappa shape index (κ2) is 6.96. The third-order valence-corrected chi connectivity index (χ3v) is 2.45. The van der Waals surface area contributed by atoms with Gasteiger partial charge in [0.25, 0.3) is 0 Å². The summed E-state index contributed by atoms with van der Waals surface area (Å²) in [5, 5.41) is 12.2. The second-order valence-electron chi connectivity index (χ2n) is 4.10. The number of hydrogen-bond acceptors (Lipinski definition) is 4. The number of anilines is 1. The molecule has 1 atom stereocenters. The van der Waals surface area contributed by atoms with Gasteiger partial charge in [0.15, 0.2) is 0 Å². The first-order valence-electron chi connectivity index (χ1n) is 6.15. The third kappa shape index (κ3) is 4.33. The molecular weight excluding hydrogens is 232 g/mol. The summed E-state index contributed by atoms with van der Waals surface area (Å²) in [7, 11) is 0. The molecule has 5 heteroatoms. The average molecular weight is 252 g/mol. The fourth-order valence-electron chi connectivity index (χ4n) is 1.56. The van der Waals surface area contributed by atoms with Crippen molar-refractivity contribution in [1.29, 1.82) is 0 Å². The molecule has 5 nitrogen and oxygen atoms in total. The number of pyridine rings is 1. The molecule has 0 spiro atoms. The number of carboxylic acid groups (broad SMARTS) is 1. The van der Waals surface area contributed by atoms with Gasteiger partial charge >= 0.3 is 5.97 Å². The number of rotatable bonds is 7. The summed E-state index contributed by atoms with van der Waals surface area (Å²) < 4.78 is 5.30. The second-order valence-corrected chi connectivity index (χ2v) is 4.10. The molecule has 1 unspecified atom stereocenters. The average Bonchev–Trinajstić information content (AvgIpc) is 2.35. The van der Waals surface area contributed by atoms with Crippen molar-refractivity contribution < 1.29 is 14.6 Å². The van der Waals surface area contributed by atoms with Crippen LogP contribution in [0.15, 0.2) is 12.1 Å². The van der Waals surface area contributed by atoms with E-state index in [-0.39, 0.29) is 11.6 Å². The van der Waals surface area contributed by atoms with Crippen molar-refractivity contribution in [3.8, 4) is 0 Å². The molecule has 0 aromatic carbocycles. The van der Waals surface area contributed by atoms with E-state index in [1.165, 1.54) is 0 Å². The Hall–Kier alpha value is -1.62. The van der Waals surface area contributed by atoms with Crippen molar-refractivity contribution in [2.75, 3.05) is 18.5 Å². The smallest absolute Gasteiger partial charge is 0.335 e. The van der Waals surface area contributed by atoms with Crippen molar-refractivity contribution in [3.63, 3.8) is 0 Å². The topological polar surface area (TPSA) is 71.5 Å². The molecule has 100 valence electrons. The lowest BCUT2D eigenvalue weighted by molar-refractivity contribution is 0.0696. The van der Waals surface area contributed by atoms with Gasteiger partial charge in [0.1, 0.15) is 5.82 Å². The van der Waals surface area contributed by atoms with E-state index in [4.69, 9.17) is 9.84 Å². The van der Waals surface area contributed by atoms with Crippen LogP contribution in [0.1, 0.15) is 36.8 Å². The Bertz CT molecular complexity index is 407. The molecule has 1 heterocycles. The van der Waals surface area contributed by atoms with E-state index in [0.717, 1.165) is 5.69 Å². The van der Waals surface area contributed by atoms with E-state index in [9.17, 15) is 4.79 Å². The van der Waals surface area contributed by atoms with Gasteiger partial charge in [0.05, 0.1) is 12.2 Å². The van der Waals surface area contributed by atoms with Crippen LogP contribution >= 0.6 is 0 Å². The van der Waals surface area contributed by atoms with E-state index < -0.39 is 5.97 Å². The Balaban J connectivity index is 2.81. The highest BCUT2D eigenvalue weighted by Gasteiger charge is 2.09. The van der Waals surface area contributed by atoms with E-state index >= 15 is 0 Å². The first kappa shape index (κ1) is 14.4. The lowest BCUT2D eigenvalue weighted by Crippen LogP contribution is -2.22. The normalized spacial score (nSPS) is 12.2. The number of carbonyl (C=O) groups is 1. The number of nitrogens with one attached hydrogen (secondary N) is 1. The summed E-state index contributed by atoms with van der Waals surface area (Å²) in [4.78, 5) is 15.4. The Morgan fingerprint density at radius 1 is 1.50 bits per heavy atom. The SMILES string of the molecule is CCOCC(C)Nc1cc(C(=O)O)cc(CC)n1. The molecule has 1 rings (SSSR count). The van der Waals surface area contributed by atoms with Gasteiger partial charge in [-0.25, -0.2) is 9.78 Å². The Morgan fingerprint density at radius 3 is 2.78 bits per heavy atom.